The van der Waals surface area contributed by atoms with E-state index in [2.05, 4.69) is 27.3 Å². The van der Waals surface area contributed by atoms with E-state index >= 15 is 0 Å². The lowest BCUT2D eigenvalue weighted by molar-refractivity contribution is -0.384. The number of piperidine rings is 1. The maximum Gasteiger partial charge on any atom is 0.293 e. The summed E-state index contributed by atoms with van der Waals surface area (Å²) in [5, 5.41) is 18.7. The van der Waals surface area contributed by atoms with Crippen LogP contribution in [0.1, 0.15) is 32.5 Å². The van der Waals surface area contributed by atoms with Crippen LogP contribution in [0.15, 0.2) is 22.7 Å². The Hall–Kier alpha value is -2.19. The van der Waals surface area contributed by atoms with Gasteiger partial charge < -0.3 is 14.7 Å². The van der Waals surface area contributed by atoms with E-state index in [1.54, 1.807) is 6.07 Å². The molecule has 1 aromatic carbocycles. The van der Waals surface area contributed by atoms with Crippen molar-refractivity contribution in [2.45, 2.75) is 39.2 Å². The second-order valence-corrected chi connectivity index (χ2v) is 7.06. The summed E-state index contributed by atoms with van der Waals surface area (Å²) in [5.41, 5.74) is 1.31. The zero-order valence-corrected chi connectivity index (χ0v) is 16.7. The number of anilines is 1. The number of halogens is 1. The quantitative estimate of drug-likeness (QED) is 0.590. The minimum Gasteiger partial charge on any atom is -0.366 e. The van der Waals surface area contributed by atoms with Gasteiger partial charge in [-0.25, -0.2) is 0 Å². The van der Waals surface area contributed by atoms with Crippen LogP contribution in [0.5, 0.6) is 0 Å². The molecule has 1 aliphatic heterocycles. The number of nitro groups is 1. The van der Waals surface area contributed by atoms with Gasteiger partial charge in [-0.15, -0.1) is 12.4 Å². The molecule has 148 valence electrons. The molecule has 0 amide bonds. The summed E-state index contributed by atoms with van der Waals surface area (Å²) in [5.74, 6) is 1.43. The number of hydrogen-bond donors (Lipinski definition) is 1. The minimum atomic E-state index is -0.335. The molecular formula is C18H26ClN5O3. The lowest BCUT2D eigenvalue weighted by atomic mass is 9.99. The molecule has 0 aliphatic carbocycles. The number of rotatable bonds is 6. The highest BCUT2D eigenvalue weighted by atomic mass is 35.5. The Bertz CT molecular complexity index is 782. The number of benzene rings is 1. The fourth-order valence-electron chi connectivity index (χ4n) is 3.31. The predicted octanol–water partition coefficient (Wildman–Crippen LogP) is 3.45. The van der Waals surface area contributed by atoms with Gasteiger partial charge in [0.05, 0.1) is 4.92 Å². The average molecular weight is 396 g/mol. The van der Waals surface area contributed by atoms with Crippen LogP contribution in [0, 0.1) is 16.0 Å². The van der Waals surface area contributed by atoms with Crippen molar-refractivity contribution in [1.82, 2.24) is 15.5 Å². The Kier molecular flexibility index (Phi) is 7.15. The molecule has 27 heavy (non-hydrogen) atoms. The van der Waals surface area contributed by atoms with Gasteiger partial charge in [0.15, 0.2) is 5.82 Å². The van der Waals surface area contributed by atoms with Gasteiger partial charge in [-0.05, 0) is 44.9 Å². The maximum absolute atomic E-state index is 11.6. The molecule has 0 saturated carbocycles. The van der Waals surface area contributed by atoms with Gasteiger partial charge in [0.25, 0.3) is 11.6 Å². The van der Waals surface area contributed by atoms with Crippen LogP contribution in [0.25, 0.3) is 11.5 Å². The van der Waals surface area contributed by atoms with E-state index in [0.29, 0.717) is 35.3 Å². The second kappa shape index (κ2) is 9.14. The molecule has 3 rings (SSSR count). The Labute approximate surface area is 164 Å². The monoisotopic (exact) mass is 395 g/mol. The molecule has 1 aromatic heterocycles. The Balaban J connectivity index is 0.00000261. The molecule has 2 aromatic rings. The molecule has 0 spiro atoms. The molecule has 1 N–H and O–H groups in total. The number of nitrogens with one attached hydrogen (secondary N) is 1. The molecule has 2 unspecified atom stereocenters. The minimum absolute atomic E-state index is 0. The van der Waals surface area contributed by atoms with E-state index in [0.717, 1.165) is 25.9 Å². The maximum atomic E-state index is 11.6. The van der Waals surface area contributed by atoms with Gasteiger partial charge in [-0.3, -0.25) is 10.1 Å². The van der Waals surface area contributed by atoms with Gasteiger partial charge in [-0.2, -0.15) is 4.98 Å². The first-order valence-corrected chi connectivity index (χ1v) is 9.01. The second-order valence-electron chi connectivity index (χ2n) is 7.06. The smallest absolute Gasteiger partial charge is 0.293 e. The summed E-state index contributed by atoms with van der Waals surface area (Å²) in [7, 11) is 1.87. The van der Waals surface area contributed by atoms with Crippen LogP contribution >= 0.6 is 12.4 Å². The topological polar surface area (TPSA) is 97.3 Å². The molecule has 1 saturated heterocycles. The largest absolute Gasteiger partial charge is 0.366 e. The van der Waals surface area contributed by atoms with Gasteiger partial charge in [0.2, 0.25) is 0 Å². The van der Waals surface area contributed by atoms with Crippen molar-refractivity contribution < 1.29 is 9.45 Å². The van der Waals surface area contributed by atoms with Crippen molar-refractivity contribution in [1.29, 1.82) is 0 Å². The summed E-state index contributed by atoms with van der Waals surface area (Å²) >= 11 is 0. The van der Waals surface area contributed by atoms with Crippen molar-refractivity contribution in [2.24, 2.45) is 5.92 Å². The van der Waals surface area contributed by atoms with Crippen LogP contribution in [-0.4, -0.2) is 41.2 Å². The van der Waals surface area contributed by atoms with E-state index in [-0.39, 0.29) is 29.1 Å². The highest BCUT2D eigenvalue weighted by Crippen LogP contribution is 2.34. The number of aromatic nitrogens is 2. The van der Waals surface area contributed by atoms with Gasteiger partial charge in [0.1, 0.15) is 5.69 Å². The summed E-state index contributed by atoms with van der Waals surface area (Å²) in [6.07, 6.45) is 2.85. The van der Waals surface area contributed by atoms with Crippen molar-refractivity contribution >= 4 is 23.8 Å². The first-order valence-electron chi connectivity index (χ1n) is 9.01. The van der Waals surface area contributed by atoms with Crippen LogP contribution in [0.3, 0.4) is 0 Å². The molecular weight excluding hydrogens is 370 g/mol. The van der Waals surface area contributed by atoms with Gasteiger partial charge >= 0.3 is 0 Å². The molecule has 1 fully saturated rings. The Morgan fingerprint density at radius 2 is 2.26 bits per heavy atom. The molecule has 1 aliphatic rings. The summed E-state index contributed by atoms with van der Waals surface area (Å²) < 4.78 is 5.31. The first-order chi connectivity index (χ1) is 12.5. The third-order valence-electron chi connectivity index (χ3n) is 4.87. The summed E-state index contributed by atoms with van der Waals surface area (Å²) in [4.78, 5) is 17.8. The van der Waals surface area contributed by atoms with Crippen LogP contribution in [-0.2, 0) is 6.42 Å². The summed E-state index contributed by atoms with van der Waals surface area (Å²) in [6.45, 7) is 5.89. The van der Waals surface area contributed by atoms with Gasteiger partial charge in [-0.1, -0.05) is 12.1 Å². The van der Waals surface area contributed by atoms with E-state index in [1.807, 2.05) is 20.0 Å². The van der Waals surface area contributed by atoms with E-state index in [9.17, 15) is 10.1 Å². The standard InChI is InChI=1S/C18H25N5O3.ClH/c1-12-5-4-8-22(11-12)15-7-6-14(10-16(15)23(24)25)18-20-17(21-26-18)9-13(2)19-3;/h6-7,10,12-13,19H,4-5,8-9,11H2,1-3H3;1H. The third kappa shape index (κ3) is 4.95. The zero-order valence-electron chi connectivity index (χ0n) is 15.8. The number of nitro benzene ring substituents is 1. The van der Waals surface area contributed by atoms with Gasteiger partial charge in [0, 0.05) is 37.2 Å². The number of hydrogen-bond acceptors (Lipinski definition) is 7. The fraction of sp³-hybridized carbons (Fsp3) is 0.556. The first kappa shape index (κ1) is 21.1. The lowest BCUT2D eigenvalue weighted by Gasteiger charge is -2.32. The highest BCUT2D eigenvalue weighted by molar-refractivity contribution is 5.85. The molecule has 0 bridgehead atoms. The molecule has 0 radical (unpaired) electrons. The highest BCUT2D eigenvalue weighted by Gasteiger charge is 2.25. The molecule has 2 heterocycles. The molecule has 2 atom stereocenters. The van der Waals surface area contributed by atoms with Crippen LogP contribution in [0.2, 0.25) is 0 Å². The zero-order chi connectivity index (χ0) is 18.7. The van der Waals surface area contributed by atoms with E-state index < -0.39 is 0 Å². The molecule has 9 heteroatoms. The molecule has 8 nitrogen and oxygen atoms in total. The fourth-order valence-corrected chi connectivity index (χ4v) is 3.31. The van der Waals surface area contributed by atoms with E-state index in [4.69, 9.17) is 4.52 Å². The predicted molar refractivity (Wildman–Crippen MR) is 106 cm³/mol. The summed E-state index contributed by atoms with van der Waals surface area (Å²) in [6, 6.07) is 5.37. The SMILES string of the molecule is CNC(C)Cc1noc(-c2ccc(N3CCCC(C)C3)c([N+](=O)[O-])c2)n1.Cl. The van der Waals surface area contributed by atoms with Crippen LogP contribution in [0.4, 0.5) is 11.4 Å². The lowest BCUT2D eigenvalue weighted by Crippen LogP contribution is -2.34. The average Bonchev–Trinajstić information content (AvgIpc) is 3.09. The van der Waals surface area contributed by atoms with Crippen molar-refractivity contribution in [3.63, 3.8) is 0 Å². The number of likely N-dealkylation sites (N-methyl/N-ethyl adjacent to an activating group) is 1. The number of nitrogens with zero attached hydrogens (tertiary/aromatic N) is 4. The van der Waals surface area contributed by atoms with Crippen LogP contribution < -0.4 is 10.2 Å². The van der Waals surface area contributed by atoms with Crippen molar-refractivity contribution in [3.05, 3.63) is 34.1 Å². The normalized spacial score (nSPS) is 18.0. The van der Waals surface area contributed by atoms with Crippen molar-refractivity contribution in [3.8, 4) is 11.5 Å². The van der Waals surface area contributed by atoms with Crippen molar-refractivity contribution in [2.75, 3.05) is 25.0 Å². The Morgan fingerprint density at radius 3 is 2.93 bits per heavy atom. The Morgan fingerprint density at radius 1 is 1.48 bits per heavy atom. The third-order valence-corrected chi connectivity index (χ3v) is 4.87. The van der Waals surface area contributed by atoms with E-state index in [1.165, 1.54) is 6.07 Å².